The predicted molar refractivity (Wildman–Crippen MR) is 98.8 cm³/mol. The molecule has 0 spiro atoms. The molecule has 3 aliphatic heterocycles. The molecule has 1 aromatic carbocycles. The van der Waals surface area contributed by atoms with Gasteiger partial charge in [-0.25, -0.2) is 9.37 Å². The number of nitrogens with zero attached hydrogens (tertiary/aromatic N) is 3. The smallest absolute Gasteiger partial charge is 0.227 e. The maximum absolute atomic E-state index is 13.6. The highest BCUT2D eigenvalue weighted by Gasteiger charge is 2.40. The molecule has 2 atom stereocenters. The summed E-state index contributed by atoms with van der Waals surface area (Å²) in [7, 11) is 1.66. The van der Waals surface area contributed by atoms with Crippen LogP contribution in [0.15, 0.2) is 24.3 Å². The first-order valence-corrected chi connectivity index (χ1v) is 9.18. The standard InChI is InChI=1S/C20H24FN3O2/c1-13-9-19(22-18-10-15(21)4-6-17(13)18)23-11-14-3-5-16(12-23)24(20(14)25)7-8-26-2/h4,6,9-10,14,16H,3,5,7-8,11-12H2,1-2H3/t14-,16+/m0/s1. The molecule has 138 valence electrons. The van der Waals surface area contributed by atoms with Crippen molar-refractivity contribution in [3.05, 3.63) is 35.6 Å². The van der Waals surface area contributed by atoms with Crippen molar-refractivity contribution < 1.29 is 13.9 Å². The number of pyridine rings is 1. The average Bonchev–Trinajstić information content (AvgIpc) is 2.91. The molecule has 0 radical (unpaired) electrons. The average molecular weight is 357 g/mol. The van der Waals surface area contributed by atoms with Gasteiger partial charge in [0.05, 0.1) is 18.0 Å². The Morgan fingerprint density at radius 2 is 2.12 bits per heavy atom. The van der Waals surface area contributed by atoms with E-state index in [1.807, 2.05) is 11.8 Å². The van der Waals surface area contributed by atoms with Gasteiger partial charge in [0.1, 0.15) is 11.6 Å². The number of aryl methyl sites for hydroxylation is 1. The second-order valence-electron chi connectivity index (χ2n) is 7.32. The normalized spacial score (nSPS) is 23.0. The van der Waals surface area contributed by atoms with E-state index in [2.05, 4.69) is 11.0 Å². The molecular weight excluding hydrogens is 333 g/mol. The molecule has 0 unspecified atom stereocenters. The van der Waals surface area contributed by atoms with Gasteiger partial charge in [-0.1, -0.05) is 0 Å². The molecule has 0 N–H and O–H groups in total. The van der Waals surface area contributed by atoms with E-state index in [1.165, 1.54) is 12.1 Å². The van der Waals surface area contributed by atoms with Gasteiger partial charge in [-0.2, -0.15) is 0 Å². The SMILES string of the molecule is COCCN1C(=O)[C@H]2CC[C@@H]1CN(c1cc(C)c3ccc(F)cc3n1)C2. The molecule has 6 heteroatoms. The van der Waals surface area contributed by atoms with Crippen molar-refractivity contribution in [2.75, 3.05) is 38.3 Å². The number of rotatable bonds is 4. The maximum atomic E-state index is 13.6. The van der Waals surface area contributed by atoms with Gasteiger partial charge in [-0.05, 0) is 43.5 Å². The van der Waals surface area contributed by atoms with Crippen LogP contribution in [0.1, 0.15) is 18.4 Å². The lowest BCUT2D eigenvalue weighted by atomic mass is 9.94. The minimum Gasteiger partial charge on any atom is -0.383 e. The number of anilines is 1. The summed E-state index contributed by atoms with van der Waals surface area (Å²) in [4.78, 5) is 21.7. The zero-order valence-electron chi connectivity index (χ0n) is 15.2. The van der Waals surface area contributed by atoms with Crippen molar-refractivity contribution in [3.63, 3.8) is 0 Å². The molecule has 26 heavy (non-hydrogen) atoms. The van der Waals surface area contributed by atoms with Crippen molar-refractivity contribution >= 4 is 22.6 Å². The van der Waals surface area contributed by atoms with Crippen molar-refractivity contribution in [2.45, 2.75) is 25.8 Å². The first-order chi connectivity index (χ1) is 12.6. The van der Waals surface area contributed by atoms with Crippen LogP contribution in [0, 0.1) is 18.7 Å². The quantitative estimate of drug-likeness (QED) is 0.844. The number of carbonyl (C=O) groups excluding carboxylic acids is 1. The fraction of sp³-hybridized carbons (Fsp3) is 0.500. The van der Waals surface area contributed by atoms with Crippen molar-refractivity contribution in [1.29, 1.82) is 0 Å². The number of benzene rings is 1. The van der Waals surface area contributed by atoms with Gasteiger partial charge in [0, 0.05) is 44.2 Å². The molecular formula is C20H24FN3O2. The third kappa shape index (κ3) is 3.03. The Morgan fingerprint density at radius 3 is 2.92 bits per heavy atom. The van der Waals surface area contributed by atoms with Crippen LogP contribution >= 0.6 is 0 Å². The monoisotopic (exact) mass is 357 g/mol. The summed E-state index contributed by atoms with van der Waals surface area (Å²) in [5.74, 6) is 0.776. The van der Waals surface area contributed by atoms with Crippen molar-refractivity contribution in [1.82, 2.24) is 9.88 Å². The van der Waals surface area contributed by atoms with Gasteiger partial charge >= 0.3 is 0 Å². The third-order valence-corrected chi connectivity index (χ3v) is 5.62. The molecule has 2 bridgehead atoms. The molecule has 2 aromatic rings. The number of aromatic nitrogens is 1. The predicted octanol–water partition coefficient (Wildman–Crippen LogP) is 2.76. The summed E-state index contributed by atoms with van der Waals surface area (Å²) in [6, 6.07) is 6.96. The zero-order valence-corrected chi connectivity index (χ0v) is 15.2. The summed E-state index contributed by atoms with van der Waals surface area (Å²) < 4.78 is 18.8. The van der Waals surface area contributed by atoms with Gasteiger partial charge in [-0.15, -0.1) is 0 Å². The van der Waals surface area contributed by atoms with E-state index in [9.17, 15) is 9.18 Å². The van der Waals surface area contributed by atoms with E-state index in [-0.39, 0.29) is 23.7 Å². The summed E-state index contributed by atoms with van der Waals surface area (Å²) in [5, 5.41) is 0.964. The van der Waals surface area contributed by atoms with E-state index in [4.69, 9.17) is 9.72 Å². The van der Waals surface area contributed by atoms with Crippen LogP contribution in [-0.4, -0.2) is 55.2 Å². The number of ether oxygens (including phenoxy) is 1. The van der Waals surface area contributed by atoms with Gasteiger partial charge in [0.25, 0.3) is 0 Å². The molecule has 0 aliphatic carbocycles. The fourth-order valence-electron chi connectivity index (χ4n) is 4.23. The Hall–Kier alpha value is -2.21. The summed E-state index contributed by atoms with van der Waals surface area (Å²) in [5.41, 5.74) is 1.74. The Morgan fingerprint density at radius 1 is 1.27 bits per heavy atom. The van der Waals surface area contributed by atoms with Crippen molar-refractivity contribution in [3.8, 4) is 0 Å². The van der Waals surface area contributed by atoms with E-state index >= 15 is 0 Å². The van der Waals surface area contributed by atoms with Crippen molar-refractivity contribution in [2.24, 2.45) is 5.92 Å². The molecule has 1 amide bonds. The first-order valence-electron chi connectivity index (χ1n) is 9.18. The molecule has 0 saturated carbocycles. The minimum atomic E-state index is -0.279. The second-order valence-corrected chi connectivity index (χ2v) is 7.32. The van der Waals surface area contributed by atoms with Crippen LogP contribution in [0.5, 0.6) is 0 Å². The van der Waals surface area contributed by atoms with Crippen LogP contribution in [0.4, 0.5) is 10.2 Å². The lowest BCUT2D eigenvalue weighted by molar-refractivity contribution is -0.140. The van der Waals surface area contributed by atoms with Crippen LogP contribution in [0.25, 0.3) is 10.9 Å². The van der Waals surface area contributed by atoms with Gasteiger partial charge in [0.2, 0.25) is 5.91 Å². The van der Waals surface area contributed by atoms with Crippen LogP contribution in [0.2, 0.25) is 0 Å². The molecule has 1 aromatic heterocycles. The van der Waals surface area contributed by atoms with E-state index in [1.54, 1.807) is 13.2 Å². The summed E-state index contributed by atoms with van der Waals surface area (Å²) in [6.45, 7) is 4.65. The van der Waals surface area contributed by atoms with Crippen LogP contribution in [-0.2, 0) is 9.53 Å². The highest BCUT2D eigenvalue weighted by molar-refractivity contribution is 5.85. The number of halogens is 1. The molecule has 5 nitrogen and oxygen atoms in total. The molecule has 3 fully saturated rings. The third-order valence-electron chi connectivity index (χ3n) is 5.62. The van der Waals surface area contributed by atoms with E-state index in [0.29, 0.717) is 25.2 Å². The number of fused-ring (bicyclic) bond motifs is 5. The molecule has 3 aliphatic rings. The number of amides is 1. The number of methoxy groups -OCH3 is 1. The van der Waals surface area contributed by atoms with E-state index in [0.717, 1.165) is 36.2 Å². The van der Waals surface area contributed by atoms with Crippen LogP contribution < -0.4 is 4.90 Å². The highest BCUT2D eigenvalue weighted by atomic mass is 19.1. The zero-order chi connectivity index (χ0) is 18.3. The largest absolute Gasteiger partial charge is 0.383 e. The first kappa shape index (κ1) is 17.2. The maximum Gasteiger partial charge on any atom is 0.227 e. The number of piperidine rings is 1. The lowest BCUT2D eigenvalue weighted by Gasteiger charge is -2.35. The minimum absolute atomic E-state index is 0.00378. The Bertz CT molecular complexity index is 841. The summed E-state index contributed by atoms with van der Waals surface area (Å²) >= 11 is 0. The van der Waals surface area contributed by atoms with Gasteiger partial charge in [0.15, 0.2) is 0 Å². The Kier molecular flexibility index (Phi) is 4.53. The second kappa shape index (κ2) is 6.83. The number of hydrogen-bond acceptors (Lipinski definition) is 4. The van der Waals surface area contributed by atoms with Gasteiger partial charge in [-0.3, -0.25) is 4.79 Å². The molecule has 4 heterocycles. The molecule has 5 rings (SSSR count). The molecule has 3 saturated heterocycles. The fourth-order valence-corrected chi connectivity index (χ4v) is 4.23. The Balaban J connectivity index is 1.66. The highest BCUT2D eigenvalue weighted by Crippen LogP contribution is 2.32. The van der Waals surface area contributed by atoms with Gasteiger partial charge < -0.3 is 14.5 Å². The van der Waals surface area contributed by atoms with Crippen LogP contribution in [0.3, 0.4) is 0 Å². The number of hydrogen-bond donors (Lipinski definition) is 0. The Labute approximate surface area is 152 Å². The van der Waals surface area contributed by atoms with E-state index < -0.39 is 0 Å². The topological polar surface area (TPSA) is 45.7 Å². The lowest BCUT2D eigenvalue weighted by Crippen LogP contribution is -2.49. The summed E-state index contributed by atoms with van der Waals surface area (Å²) in [6.07, 6.45) is 1.93. The number of carbonyl (C=O) groups is 1.